The van der Waals surface area contributed by atoms with E-state index < -0.39 is 0 Å². The zero-order valence-corrected chi connectivity index (χ0v) is 13.7. The number of ether oxygens (including phenoxy) is 2. The molecule has 0 aromatic rings. The van der Waals surface area contributed by atoms with Gasteiger partial charge in [-0.2, -0.15) is 0 Å². The average molecular weight is 284 g/mol. The lowest BCUT2D eigenvalue weighted by Gasteiger charge is -2.43. The third-order valence-electron chi connectivity index (χ3n) is 4.29. The second-order valence-corrected chi connectivity index (χ2v) is 7.07. The summed E-state index contributed by atoms with van der Waals surface area (Å²) in [7, 11) is 0. The van der Waals surface area contributed by atoms with E-state index in [0.717, 1.165) is 39.4 Å². The molecule has 0 saturated carbocycles. The highest BCUT2D eigenvalue weighted by Crippen LogP contribution is 2.23. The number of nitrogens with zero attached hydrogens (tertiary/aromatic N) is 1. The molecule has 2 heterocycles. The lowest BCUT2D eigenvalue weighted by atomic mass is 9.96. The Kier molecular flexibility index (Phi) is 5.84. The van der Waals surface area contributed by atoms with Crippen LogP contribution in [-0.4, -0.2) is 62.0 Å². The van der Waals surface area contributed by atoms with E-state index in [4.69, 9.17) is 9.47 Å². The molecule has 2 aliphatic rings. The van der Waals surface area contributed by atoms with Crippen LogP contribution in [0.15, 0.2) is 0 Å². The molecular formula is C16H32N2O2. The van der Waals surface area contributed by atoms with Crippen molar-refractivity contribution in [1.29, 1.82) is 0 Å². The fourth-order valence-corrected chi connectivity index (χ4v) is 3.58. The van der Waals surface area contributed by atoms with Crippen LogP contribution in [0.2, 0.25) is 0 Å². The molecule has 0 bridgehead atoms. The molecule has 0 aliphatic carbocycles. The van der Waals surface area contributed by atoms with Crippen LogP contribution >= 0.6 is 0 Å². The highest BCUT2D eigenvalue weighted by Gasteiger charge is 2.34. The Balaban J connectivity index is 1.91. The van der Waals surface area contributed by atoms with Crippen molar-refractivity contribution in [3.8, 4) is 0 Å². The topological polar surface area (TPSA) is 33.7 Å². The third kappa shape index (κ3) is 4.69. The van der Waals surface area contributed by atoms with Gasteiger partial charge in [0.15, 0.2) is 0 Å². The summed E-state index contributed by atoms with van der Waals surface area (Å²) < 4.78 is 11.6. The van der Waals surface area contributed by atoms with Crippen molar-refractivity contribution in [2.75, 3.05) is 39.4 Å². The van der Waals surface area contributed by atoms with Crippen LogP contribution < -0.4 is 5.32 Å². The Morgan fingerprint density at radius 3 is 2.80 bits per heavy atom. The molecule has 0 radical (unpaired) electrons. The molecule has 3 unspecified atom stereocenters. The quantitative estimate of drug-likeness (QED) is 0.807. The molecular weight excluding hydrogens is 252 g/mol. The van der Waals surface area contributed by atoms with Gasteiger partial charge < -0.3 is 14.8 Å². The number of hydrogen-bond donors (Lipinski definition) is 1. The zero-order valence-electron chi connectivity index (χ0n) is 13.7. The van der Waals surface area contributed by atoms with Crippen molar-refractivity contribution >= 4 is 0 Å². The first kappa shape index (κ1) is 16.2. The van der Waals surface area contributed by atoms with Crippen LogP contribution in [-0.2, 0) is 9.47 Å². The van der Waals surface area contributed by atoms with E-state index in [1.807, 2.05) is 0 Å². The predicted octanol–water partition coefficient (Wildman–Crippen LogP) is 1.89. The monoisotopic (exact) mass is 284 g/mol. The zero-order chi connectivity index (χ0) is 14.6. The second kappa shape index (κ2) is 7.21. The van der Waals surface area contributed by atoms with E-state index in [2.05, 4.69) is 37.9 Å². The molecule has 2 aliphatic heterocycles. The minimum Gasteiger partial charge on any atom is -0.381 e. The molecule has 2 rings (SSSR count). The molecule has 1 N–H and O–H groups in total. The summed E-state index contributed by atoms with van der Waals surface area (Å²) in [5, 5.41) is 3.74. The third-order valence-corrected chi connectivity index (χ3v) is 4.29. The molecule has 0 aromatic carbocycles. The highest BCUT2D eigenvalue weighted by molar-refractivity contribution is 4.88. The first-order valence-corrected chi connectivity index (χ1v) is 8.21. The van der Waals surface area contributed by atoms with E-state index in [-0.39, 0.29) is 5.60 Å². The van der Waals surface area contributed by atoms with Crippen LogP contribution in [0, 0.1) is 5.92 Å². The van der Waals surface area contributed by atoms with Gasteiger partial charge in [0.1, 0.15) is 0 Å². The summed E-state index contributed by atoms with van der Waals surface area (Å²) in [6.45, 7) is 14.9. The van der Waals surface area contributed by atoms with E-state index >= 15 is 0 Å². The molecule has 20 heavy (non-hydrogen) atoms. The Morgan fingerprint density at radius 1 is 1.40 bits per heavy atom. The summed E-state index contributed by atoms with van der Waals surface area (Å²) in [5.74, 6) is 0.669. The average Bonchev–Trinajstić information content (AvgIpc) is 2.85. The lowest BCUT2D eigenvalue weighted by Crippen LogP contribution is -2.56. The molecule has 2 saturated heterocycles. The summed E-state index contributed by atoms with van der Waals surface area (Å²) in [6.07, 6.45) is 2.71. The lowest BCUT2D eigenvalue weighted by molar-refractivity contribution is -0.130. The maximum Gasteiger partial charge on any atom is 0.0757 e. The van der Waals surface area contributed by atoms with Crippen LogP contribution in [0.25, 0.3) is 0 Å². The maximum atomic E-state index is 6.01. The SMILES string of the molecule is CCCNC(CN1CC(C)OC(C)(C)C1)C1CCOC1. The van der Waals surface area contributed by atoms with Gasteiger partial charge in [0, 0.05) is 38.2 Å². The van der Waals surface area contributed by atoms with Crippen molar-refractivity contribution in [3.63, 3.8) is 0 Å². The van der Waals surface area contributed by atoms with E-state index in [1.165, 1.54) is 12.8 Å². The fraction of sp³-hybridized carbons (Fsp3) is 1.00. The summed E-state index contributed by atoms with van der Waals surface area (Å²) in [4.78, 5) is 2.57. The normalized spacial score (nSPS) is 32.4. The van der Waals surface area contributed by atoms with Crippen LogP contribution in [0.3, 0.4) is 0 Å². The van der Waals surface area contributed by atoms with Crippen LogP contribution in [0.5, 0.6) is 0 Å². The molecule has 0 amide bonds. The minimum atomic E-state index is -0.0286. The smallest absolute Gasteiger partial charge is 0.0757 e. The Hall–Kier alpha value is -0.160. The minimum absolute atomic E-state index is 0.0286. The highest BCUT2D eigenvalue weighted by atomic mass is 16.5. The molecule has 4 heteroatoms. The fourth-order valence-electron chi connectivity index (χ4n) is 3.58. The van der Waals surface area contributed by atoms with E-state index in [1.54, 1.807) is 0 Å². The van der Waals surface area contributed by atoms with Gasteiger partial charge in [-0.3, -0.25) is 4.90 Å². The van der Waals surface area contributed by atoms with E-state index in [9.17, 15) is 0 Å². The standard InChI is InChI=1S/C16H32N2O2/c1-5-7-17-15(14-6-8-19-11-14)10-18-9-13(2)20-16(3,4)12-18/h13-15,17H,5-12H2,1-4H3. The number of rotatable bonds is 6. The molecule has 2 fully saturated rings. The van der Waals surface area contributed by atoms with Gasteiger partial charge in [-0.15, -0.1) is 0 Å². The van der Waals surface area contributed by atoms with Crippen molar-refractivity contribution in [3.05, 3.63) is 0 Å². The van der Waals surface area contributed by atoms with Gasteiger partial charge in [0.05, 0.1) is 18.3 Å². The van der Waals surface area contributed by atoms with Gasteiger partial charge in [0.25, 0.3) is 0 Å². The summed E-state index contributed by atoms with van der Waals surface area (Å²) in [6, 6.07) is 0.554. The summed E-state index contributed by atoms with van der Waals surface area (Å²) >= 11 is 0. The van der Waals surface area contributed by atoms with Gasteiger partial charge in [-0.1, -0.05) is 6.92 Å². The number of morpholine rings is 1. The summed E-state index contributed by atoms with van der Waals surface area (Å²) in [5.41, 5.74) is -0.0286. The second-order valence-electron chi connectivity index (χ2n) is 7.07. The molecule has 0 aromatic heterocycles. The maximum absolute atomic E-state index is 6.01. The number of hydrogen-bond acceptors (Lipinski definition) is 4. The molecule has 3 atom stereocenters. The van der Waals surface area contributed by atoms with Crippen LogP contribution in [0.4, 0.5) is 0 Å². The van der Waals surface area contributed by atoms with Crippen LogP contribution in [0.1, 0.15) is 40.5 Å². The van der Waals surface area contributed by atoms with Gasteiger partial charge in [0.2, 0.25) is 0 Å². The van der Waals surface area contributed by atoms with E-state index in [0.29, 0.717) is 18.1 Å². The van der Waals surface area contributed by atoms with Gasteiger partial charge >= 0.3 is 0 Å². The molecule has 0 spiro atoms. The van der Waals surface area contributed by atoms with Gasteiger partial charge in [-0.25, -0.2) is 0 Å². The first-order valence-electron chi connectivity index (χ1n) is 8.21. The van der Waals surface area contributed by atoms with Crippen molar-refractivity contribution in [2.24, 2.45) is 5.92 Å². The largest absolute Gasteiger partial charge is 0.381 e. The molecule has 4 nitrogen and oxygen atoms in total. The predicted molar refractivity (Wildman–Crippen MR) is 82.1 cm³/mol. The van der Waals surface area contributed by atoms with Gasteiger partial charge in [-0.05, 0) is 40.2 Å². The van der Waals surface area contributed by atoms with Crippen molar-refractivity contribution in [2.45, 2.75) is 58.3 Å². The van der Waals surface area contributed by atoms with Crippen molar-refractivity contribution < 1.29 is 9.47 Å². The Bertz CT molecular complexity index is 290. The Labute approximate surface area is 124 Å². The Morgan fingerprint density at radius 2 is 2.20 bits per heavy atom. The molecule has 118 valence electrons. The van der Waals surface area contributed by atoms with Crippen molar-refractivity contribution in [1.82, 2.24) is 10.2 Å². The first-order chi connectivity index (χ1) is 9.50. The number of nitrogens with one attached hydrogen (secondary N) is 1.